The van der Waals surface area contributed by atoms with Gasteiger partial charge in [0, 0.05) is 10.6 Å². The van der Waals surface area contributed by atoms with Crippen LogP contribution in [0.3, 0.4) is 0 Å². The molecule has 0 fully saturated rings. The Bertz CT molecular complexity index is 485. The largest absolute Gasteiger partial charge is 0.334 e. The van der Waals surface area contributed by atoms with Crippen molar-refractivity contribution in [2.45, 2.75) is 19.4 Å². The minimum absolute atomic E-state index is 0.449. The highest BCUT2D eigenvalue weighted by Gasteiger charge is 2.21. The first-order chi connectivity index (χ1) is 7.47. The third kappa shape index (κ3) is 2.23. The average molecular weight is 238 g/mol. The average Bonchev–Trinajstić information content (AvgIpc) is 2.67. The van der Waals surface area contributed by atoms with E-state index in [1.54, 1.807) is 12.1 Å². The fourth-order valence-corrected chi connectivity index (χ4v) is 1.32. The molecule has 2 aromatic rings. The summed E-state index contributed by atoms with van der Waals surface area (Å²) >= 11 is 5.79. The summed E-state index contributed by atoms with van der Waals surface area (Å²) in [6.07, 6.45) is 0. The van der Waals surface area contributed by atoms with Gasteiger partial charge in [-0.05, 0) is 38.1 Å². The van der Waals surface area contributed by atoms with Crippen LogP contribution in [0.2, 0.25) is 5.02 Å². The van der Waals surface area contributed by atoms with Crippen molar-refractivity contribution in [1.82, 2.24) is 10.1 Å². The molecule has 0 spiro atoms. The molecule has 0 bridgehead atoms. The minimum atomic E-state index is -0.603. The number of nitrogens with zero attached hydrogens (tertiary/aromatic N) is 2. The Morgan fingerprint density at radius 2 is 1.88 bits per heavy atom. The van der Waals surface area contributed by atoms with Crippen molar-refractivity contribution in [3.8, 4) is 11.5 Å². The van der Waals surface area contributed by atoms with E-state index in [1.807, 2.05) is 26.0 Å². The molecule has 2 rings (SSSR count). The van der Waals surface area contributed by atoms with Gasteiger partial charge >= 0.3 is 0 Å². The van der Waals surface area contributed by atoms with Crippen LogP contribution in [0.25, 0.3) is 11.5 Å². The van der Waals surface area contributed by atoms with E-state index in [4.69, 9.17) is 21.9 Å². The second-order valence-electron chi connectivity index (χ2n) is 4.15. The Kier molecular flexibility index (Phi) is 2.69. The summed E-state index contributed by atoms with van der Waals surface area (Å²) in [6.45, 7) is 3.65. The molecule has 1 aromatic heterocycles. The molecule has 0 radical (unpaired) electrons. The number of aromatic nitrogens is 2. The van der Waals surface area contributed by atoms with E-state index in [-0.39, 0.29) is 0 Å². The van der Waals surface area contributed by atoms with E-state index in [2.05, 4.69) is 10.1 Å². The molecule has 0 aliphatic rings. The molecule has 2 N–H and O–H groups in total. The maximum Gasteiger partial charge on any atom is 0.257 e. The maximum atomic E-state index is 5.87. The van der Waals surface area contributed by atoms with Gasteiger partial charge in [-0.25, -0.2) is 0 Å². The van der Waals surface area contributed by atoms with Crippen molar-refractivity contribution in [2.75, 3.05) is 0 Å². The lowest BCUT2D eigenvalue weighted by Gasteiger charge is -2.11. The van der Waals surface area contributed by atoms with Gasteiger partial charge in [0.15, 0.2) is 5.82 Å². The normalized spacial score (nSPS) is 11.8. The molecule has 4 nitrogen and oxygen atoms in total. The predicted octanol–water partition coefficient (Wildman–Crippen LogP) is 2.58. The van der Waals surface area contributed by atoms with Gasteiger partial charge in [0.2, 0.25) is 0 Å². The zero-order valence-corrected chi connectivity index (χ0v) is 9.82. The Morgan fingerprint density at radius 1 is 1.25 bits per heavy atom. The highest BCUT2D eigenvalue weighted by molar-refractivity contribution is 6.30. The lowest BCUT2D eigenvalue weighted by Crippen LogP contribution is -2.30. The molecule has 0 saturated heterocycles. The molecule has 5 heteroatoms. The number of hydrogen-bond acceptors (Lipinski definition) is 4. The standard InChI is InChI=1S/C11H12ClN3O/c1-11(2,13)10-14-9(16-15-10)7-3-5-8(12)6-4-7/h3-6H,13H2,1-2H3. The fourth-order valence-electron chi connectivity index (χ4n) is 1.19. The molecule has 0 unspecified atom stereocenters. The number of halogens is 1. The lowest BCUT2D eigenvalue weighted by molar-refractivity contribution is 0.397. The molecule has 0 saturated carbocycles. The monoisotopic (exact) mass is 237 g/mol. The van der Waals surface area contributed by atoms with Gasteiger partial charge in [0.05, 0.1) is 5.54 Å². The second-order valence-corrected chi connectivity index (χ2v) is 4.59. The third-order valence-corrected chi connectivity index (χ3v) is 2.35. The Labute approximate surface area is 98.4 Å². The highest BCUT2D eigenvalue weighted by Crippen LogP contribution is 2.22. The van der Waals surface area contributed by atoms with Gasteiger partial charge in [-0.3, -0.25) is 0 Å². The predicted molar refractivity (Wildman–Crippen MR) is 62.0 cm³/mol. The van der Waals surface area contributed by atoms with Crippen LogP contribution in [0.15, 0.2) is 28.8 Å². The summed E-state index contributed by atoms with van der Waals surface area (Å²) in [5.74, 6) is 0.933. The van der Waals surface area contributed by atoms with Crippen LogP contribution in [0.1, 0.15) is 19.7 Å². The first-order valence-corrected chi connectivity index (χ1v) is 5.23. The van der Waals surface area contributed by atoms with Crippen molar-refractivity contribution in [2.24, 2.45) is 5.73 Å². The maximum absolute atomic E-state index is 5.87. The van der Waals surface area contributed by atoms with Crippen LogP contribution in [0.5, 0.6) is 0 Å². The number of nitrogens with two attached hydrogens (primary N) is 1. The molecule has 84 valence electrons. The highest BCUT2D eigenvalue weighted by atomic mass is 35.5. The van der Waals surface area contributed by atoms with E-state index in [0.29, 0.717) is 16.7 Å². The van der Waals surface area contributed by atoms with Gasteiger partial charge in [0.1, 0.15) is 0 Å². The molecular formula is C11H12ClN3O. The minimum Gasteiger partial charge on any atom is -0.334 e. The summed E-state index contributed by atoms with van der Waals surface area (Å²) in [5, 5.41) is 4.51. The van der Waals surface area contributed by atoms with Crippen molar-refractivity contribution in [3.63, 3.8) is 0 Å². The van der Waals surface area contributed by atoms with Gasteiger partial charge in [-0.2, -0.15) is 4.98 Å². The first kappa shape index (κ1) is 11.1. The molecule has 1 aromatic carbocycles. The van der Waals surface area contributed by atoms with E-state index in [0.717, 1.165) is 5.56 Å². The van der Waals surface area contributed by atoms with Crippen molar-refractivity contribution in [1.29, 1.82) is 0 Å². The third-order valence-electron chi connectivity index (χ3n) is 2.09. The molecule has 0 amide bonds. The number of hydrogen-bond donors (Lipinski definition) is 1. The van der Waals surface area contributed by atoms with Crippen LogP contribution in [-0.2, 0) is 5.54 Å². The Hall–Kier alpha value is -1.39. The smallest absolute Gasteiger partial charge is 0.257 e. The summed E-state index contributed by atoms with van der Waals surface area (Å²) in [6, 6.07) is 7.19. The van der Waals surface area contributed by atoms with Crippen molar-refractivity contribution in [3.05, 3.63) is 35.1 Å². The van der Waals surface area contributed by atoms with Crippen LogP contribution in [-0.4, -0.2) is 10.1 Å². The van der Waals surface area contributed by atoms with Gasteiger partial charge in [-0.15, -0.1) is 0 Å². The van der Waals surface area contributed by atoms with Gasteiger partial charge < -0.3 is 10.3 Å². The molecule has 1 heterocycles. The summed E-state index contributed by atoms with van der Waals surface area (Å²) in [4.78, 5) is 4.24. The van der Waals surface area contributed by atoms with Crippen LogP contribution in [0.4, 0.5) is 0 Å². The number of rotatable bonds is 2. The summed E-state index contributed by atoms with van der Waals surface area (Å²) < 4.78 is 5.13. The molecule has 0 aliphatic heterocycles. The van der Waals surface area contributed by atoms with Crippen molar-refractivity contribution < 1.29 is 4.52 Å². The van der Waals surface area contributed by atoms with Gasteiger partial charge in [-0.1, -0.05) is 16.8 Å². The zero-order chi connectivity index (χ0) is 11.8. The molecule has 0 atom stereocenters. The zero-order valence-electron chi connectivity index (χ0n) is 9.07. The summed E-state index contributed by atoms with van der Waals surface area (Å²) in [5.41, 5.74) is 6.09. The van der Waals surface area contributed by atoms with Crippen LogP contribution < -0.4 is 5.73 Å². The quantitative estimate of drug-likeness (QED) is 0.872. The van der Waals surface area contributed by atoms with E-state index in [9.17, 15) is 0 Å². The van der Waals surface area contributed by atoms with E-state index < -0.39 is 5.54 Å². The van der Waals surface area contributed by atoms with E-state index >= 15 is 0 Å². The SMILES string of the molecule is CC(C)(N)c1noc(-c2ccc(Cl)cc2)n1. The lowest BCUT2D eigenvalue weighted by atomic mass is 10.1. The fraction of sp³-hybridized carbons (Fsp3) is 0.273. The molecule has 16 heavy (non-hydrogen) atoms. The van der Waals surface area contributed by atoms with Gasteiger partial charge in [0.25, 0.3) is 5.89 Å². The molecular weight excluding hydrogens is 226 g/mol. The molecule has 0 aliphatic carbocycles. The van der Waals surface area contributed by atoms with Crippen molar-refractivity contribution >= 4 is 11.6 Å². The van der Waals surface area contributed by atoms with Crippen LogP contribution >= 0.6 is 11.6 Å². The topological polar surface area (TPSA) is 64.9 Å². The van der Waals surface area contributed by atoms with E-state index in [1.165, 1.54) is 0 Å². The Morgan fingerprint density at radius 3 is 2.38 bits per heavy atom. The van der Waals surface area contributed by atoms with Crippen LogP contribution in [0, 0.1) is 0 Å². The first-order valence-electron chi connectivity index (χ1n) is 4.86. The summed E-state index contributed by atoms with van der Waals surface area (Å²) in [7, 11) is 0. The second kappa shape index (κ2) is 3.88. The number of benzene rings is 1. The Balaban J connectivity index is 2.35.